The predicted octanol–water partition coefficient (Wildman–Crippen LogP) is 3.60. The number of nitrogens with zero attached hydrogens (tertiary/aromatic N) is 1. The van der Waals surface area contributed by atoms with E-state index >= 15 is 0 Å². The van der Waals surface area contributed by atoms with Gasteiger partial charge in [0, 0.05) is 5.41 Å². The van der Waals surface area contributed by atoms with Crippen LogP contribution in [0.3, 0.4) is 0 Å². The summed E-state index contributed by atoms with van der Waals surface area (Å²) in [6, 6.07) is 3.37. The molecule has 0 radical (unpaired) electrons. The fourth-order valence-corrected chi connectivity index (χ4v) is 2.87. The first kappa shape index (κ1) is 14.1. The number of nitro benzene ring substituents is 1. The molecule has 1 aliphatic rings. The zero-order chi connectivity index (χ0) is 13.9. The highest BCUT2D eigenvalue weighted by atomic mass is 32.1. The third-order valence-corrected chi connectivity index (χ3v) is 4.32. The lowest BCUT2D eigenvalue weighted by Crippen LogP contribution is -2.27. The quantitative estimate of drug-likeness (QED) is 0.511. The van der Waals surface area contributed by atoms with E-state index in [1.165, 1.54) is 12.1 Å². The van der Waals surface area contributed by atoms with Gasteiger partial charge in [-0.15, -0.1) is 0 Å². The van der Waals surface area contributed by atoms with Crippen molar-refractivity contribution in [2.45, 2.75) is 25.7 Å². The first-order valence-electron chi connectivity index (χ1n) is 6.24. The molecule has 1 fully saturated rings. The summed E-state index contributed by atoms with van der Waals surface area (Å²) in [4.78, 5) is 10.2. The zero-order valence-corrected chi connectivity index (χ0v) is 11.4. The van der Waals surface area contributed by atoms with Crippen molar-refractivity contribution in [1.29, 1.82) is 0 Å². The Balaban J connectivity index is 2.13. The van der Waals surface area contributed by atoms with Gasteiger partial charge in [-0.3, -0.25) is 10.1 Å². The molecule has 0 unspecified atom stereocenters. The summed E-state index contributed by atoms with van der Waals surface area (Å²) >= 11 is 4.36. The van der Waals surface area contributed by atoms with Gasteiger partial charge in [0.1, 0.15) is 5.82 Å². The SMILES string of the molecule is O=[N+]([O-])c1cc(F)ccc1OCC1(CS)CCCC1. The topological polar surface area (TPSA) is 52.4 Å². The lowest BCUT2D eigenvalue weighted by molar-refractivity contribution is -0.386. The second kappa shape index (κ2) is 5.77. The Labute approximate surface area is 116 Å². The molecule has 0 atom stereocenters. The maximum absolute atomic E-state index is 13.0. The number of rotatable bonds is 5. The van der Waals surface area contributed by atoms with Crippen molar-refractivity contribution in [2.75, 3.05) is 12.4 Å². The van der Waals surface area contributed by atoms with Gasteiger partial charge in [-0.1, -0.05) is 12.8 Å². The van der Waals surface area contributed by atoms with Gasteiger partial charge in [0.2, 0.25) is 0 Å². The highest BCUT2D eigenvalue weighted by molar-refractivity contribution is 7.80. The van der Waals surface area contributed by atoms with Crippen LogP contribution in [0.4, 0.5) is 10.1 Å². The van der Waals surface area contributed by atoms with E-state index in [2.05, 4.69) is 12.6 Å². The predicted molar refractivity (Wildman–Crippen MR) is 73.3 cm³/mol. The van der Waals surface area contributed by atoms with Crippen LogP contribution in [0.2, 0.25) is 0 Å². The molecule has 0 spiro atoms. The fraction of sp³-hybridized carbons (Fsp3) is 0.538. The largest absolute Gasteiger partial charge is 0.486 e. The molecule has 104 valence electrons. The average molecular weight is 285 g/mol. The number of benzene rings is 1. The molecule has 4 nitrogen and oxygen atoms in total. The minimum atomic E-state index is -0.635. The highest BCUT2D eigenvalue weighted by Crippen LogP contribution is 2.40. The molecule has 1 aliphatic carbocycles. The first-order valence-corrected chi connectivity index (χ1v) is 6.87. The van der Waals surface area contributed by atoms with Crippen molar-refractivity contribution in [2.24, 2.45) is 5.41 Å². The number of halogens is 1. The molecule has 0 amide bonds. The van der Waals surface area contributed by atoms with Gasteiger partial charge in [0.15, 0.2) is 5.75 Å². The summed E-state index contributed by atoms with van der Waals surface area (Å²) in [6.07, 6.45) is 4.31. The second-order valence-corrected chi connectivity index (χ2v) is 5.34. The highest BCUT2D eigenvalue weighted by Gasteiger charge is 2.34. The molecular formula is C13H16FNO3S. The summed E-state index contributed by atoms with van der Waals surface area (Å²) < 4.78 is 18.6. The third-order valence-electron chi connectivity index (χ3n) is 3.65. The molecule has 2 rings (SSSR count). The molecule has 0 aliphatic heterocycles. The fourth-order valence-electron chi connectivity index (χ4n) is 2.46. The van der Waals surface area contributed by atoms with Crippen LogP contribution in [0.15, 0.2) is 18.2 Å². The molecule has 0 bridgehead atoms. The van der Waals surface area contributed by atoms with E-state index in [-0.39, 0.29) is 16.9 Å². The van der Waals surface area contributed by atoms with E-state index in [0.29, 0.717) is 12.4 Å². The van der Waals surface area contributed by atoms with Crippen LogP contribution in [0, 0.1) is 21.3 Å². The summed E-state index contributed by atoms with van der Waals surface area (Å²) in [6.45, 7) is 0.392. The van der Waals surface area contributed by atoms with Gasteiger partial charge in [-0.25, -0.2) is 4.39 Å². The van der Waals surface area contributed by atoms with Gasteiger partial charge in [-0.05, 0) is 30.7 Å². The van der Waals surface area contributed by atoms with E-state index in [9.17, 15) is 14.5 Å². The van der Waals surface area contributed by atoms with Crippen molar-refractivity contribution >= 4 is 18.3 Å². The van der Waals surface area contributed by atoms with Gasteiger partial charge < -0.3 is 4.74 Å². The lowest BCUT2D eigenvalue weighted by atomic mass is 9.90. The summed E-state index contributed by atoms with van der Waals surface area (Å²) in [5, 5.41) is 10.9. The number of thiol groups is 1. The minimum Gasteiger partial charge on any atom is -0.486 e. The molecule has 1 aromatic carbocycles. The molecule has 0 saturated heterocycles. The van der Waals surface area contributed by atoms with Crippen LogP contribution in [0.5, 0.6) is 5.75 Å². The Hall–Kier alpha value is -1.30. The van der Waals surface area contributed by atoms with Crippen LogP contribution >= 0.6 is 12.6 Å². The van der Waals surface area contributed by atoms with Crippen molar-refractivity contribution in [1.82, 2.24) is 0 Å². The molecule has 19 heavy (non-hydrogen) atoms. The van der Waals surface area contributed by atoms with Gasteiger partial charge in [0.25, 0.3) is 0 Å². The van der Waals surface area contributed by atoms with Crippen molar-refractivity contribution in [3.05, 3.63) is 34.1 Å². The summed E-state index contributed by atoms with van der Waals surface area (Å²) in [7, 11) is 0. The molecule has 6 heteroatoms. The minimum absolute atomic E-state index is 0.00857. The standard InChI is InChI=1S/C13H16FNO3S/c14-10-3-4-12(11(7-10)15(16)17)18-8-13(9-19)5-1-2-6-13/h3-4,7,19H,1-2,5-6,8-9H2. The normalized spacial score (nSPS) is 17.4. The van der Waals surface area contributed by atoms with Crippen LogP contribution in [-0.4, -0.2) is 17.3 Å². The van der Waals surface area contributed by atoms with E-state index in [0.717, 1.165) is 31.7 Å². The van der Waals surface area contributed by atoms with Crippen LogP contribution in [0.1, 0.15) is 25.7 Å². The lowest BCUT2D eigenvalue weighted by Gasteiger charge is -2.26. The smallest absolute Gasteiger partial charge is 0.313 e. The first-order chi connectivity index (χ1) is 9.06. The zero-order valence-electron chi connectivity index (χ0n) is 10.5. The van der Waals surface area contributed by atoms with Crippen LogP contribution in [0.25, 0.3) is 0 Å². The monoisotopic (exact) mass is 285 g/mol. The molecule has 0 heterocycles. The summed E-state index contributed by atoms with van der Waals surface area (Å²) in [5.41, 5.74) is -0.335. The molecule has 1 saturated carbocycles. The molecule has 1 aromatic rings. The Kier molecular flexibility index (Phi) is 4.29. The average Bonchev–Trinajstić information content (AvgIpc) is 2.86. The Bertz CT molecular complexity index is 475. The maximum Gasteiger partial charge on any atom is 0.313 e. The van der Waals surface area contributed by atoms with Crippen LogP contribution in [-0.2, 0) is 0 Å². The maximum atomic E-state index is 13.0. The number of hydrogen-bond donors (Lipinski definition) is 1. The van der Waals surface area contributed by atoms with Crippen molar-refractivity contribution in [3.63, 3.8) is 0 Å². The van der Waals surface area contributed by atoms with Crippen LogP contribution < -0.4 is 4.74 Å². The number of ether oxygens (including phenoxy) is 1. The molecular weight excluding hydrogens is 269 g/mol. The molecule has 0 aromatic heterocycles. The van der Waals surface area contributed by atoms with E-state index in [1.807, 2.05) is 0 Å². The van der Waals surface area contributed by atoms with Gasteiger partial charge in [-0.2, -0.15) is 12.6 Å². The number of nitro groups is 1. The van der Waals surface area contributed by atoms with Crippen molar-refractivity contribution in [3.8, 4) is 5.75 Å². The van der Waals surface area contributed by atoms with Crippen molar-refractivity contribution < 1.29 is 14.1 Å². The van der Waals surface area contributed by atoms with E-state index < -0.39 is 10.7 Å². The molecule has 0 N–H and O–H groups in total. The Morgan fingerprint density at radius 2 is 2.11 bits per heavy atom. The number of hydrogen-bond acceptors (Lipinski definition) is 4. The van der Waals surface area contributed by atoms with E-state index in [1.54, 1.807) is 0 Å². The van der Waals surface area contributed by atoms with E-state index in [4.69, 9.17) is 4.74 Å². The summed E-state index contributed by atoms with van der Waals surface area (Å²) in [5.74, 6) is 0.186. The Morgan fingerprint density at radius 1 is 1.42 bits per heavy atom. The van der Waals surface area contributed by atoms with Gasteiger partial charge in [0.05, 0.1) is 17.6 Å². The Morgan fingerprint density at radius 3 is 2.68 bits per heavy atom. The third kappa shape index (κ3) is 3.18. The second-order valence-electron chi connectivity index (χ2n) is 5.02. The van der Waals surface area contributed by atoms with Gasteiger partial charge >= 0.3 is 5.69 Å².